The molecule has 0 fully saturated rings. The lowest BCUT2D eigenvalue weighted by atomic mass is 9.90. The molecule has 0 spiro atoms. The van der Waals surface area contributed by atoms with Crippen LogP contribution in [-0.2, 0) is 9.53 Å². The molecule has 0 saturated heterocycles. The molecular formula is C11HF21O3. The van der Waals surface area contributed by atoms with Crippen molar-refractivity contribution in [3.8, 4) is 0 Å². The van der Waals surface area contributed by atoms with Crippen molar-refractivity contribution in [1.29, 1.82) is 0 Å². The van der Waals surface area contributed by atoms with Gasteiger partial charge in [-0.15, -0.1) is 0 Å². The third-order valence-corrected chi connectivity index (χ3v) is 3.58. The number of carboxylic acid groups (broad SMARTS) is 1. The molecule has 35 heavy (non-hydrogen) atoms. The van der Waals surface area contributed by atoms with Gasteiger partial charge in [0.25, 0.3) is 0 Å². The van der Waals surface area contributed by atoms with Crippen molar-refractivity contribution >= 4 is 5.97 Å². The molecule has 3 nitrogen and oxygen atoms in total. The summed E-state index contributed by atoms with van der Waals surface area (Å²) in [5.41, 5.74) is 0. The molecule has 210 valence electrons. The fourth-order valence-electron chi connectivity index (χ4n) is 1.56. The molecule has 0 bridgehead atoms. The summed E-state index contributed by atoms with van der Waals surface area (Å²) in [6.07, 6.45) is -24.0. The van der Waals surface area contributed by atoms with Crippen LogP contribution >= 0.6 is 0 Å². The first-order valence-corrected chi connectivity index (χ1v) is 7.05. The molecule has 0 aromatic carbocycles. The molecule has 0 unspecified atom stereocenters. The van der Waals surface area contributed by atoms with Gasteiger partial charge in [0, 0.05) is 0 Å². The Hall–Kier alpha value is -2.04. The fourth-order valence-corrected chi connectivity index (χ4v) is 1.56. The van der Waals surface area contributed by atoms with Crippen LogP contribution in [0.5, 0.6) is 0 Å². The van der Waals surface area contributed by atoms with Gasteiger partial charge in [-0.25, -0.2) is 9.53 Å². The Balaban J connectivity index is 6.84. The van der Waals surface area contributed by atoms with E-state index in [1.807, 2.05) is 0 Å². The third kappa shape index (κ3) is 4.27. The number of hydrogen-bond donors (Lipinski definition) is 1. The Kier molecular flexibility index (Phi) is 7.51. The lowest BCUT2D eigenvalue weighted by molar-refractivity contribution is -0.508. The number of aliphatic carboxylic acids is 1. The summed E-state index contributed by atoms with van der Waals surface area (Å²) in [6.45, 7) is 0. The van der Waals surface area contributed by atoms with Gasteiger partial charge in [0.05, 0.1) is 0 Å². The Morgan fingerprint density at radius 3 is 0.943 bits per heavy atom. The zero-order valence-electron chi connectivity index (χ0n) is 14.7. The third-order valence-electron chi connectivity index (χ3n) is 3.58. The van der Waals surface area contributed by atoms with Gasteiger partial charge in [0.1, 0.15) is 0 Å². The van der Waals surface area contributed by atoms with Crippen LogP contribution in [0, 0.1) is 0 Å². The Morgan fingerprint density at radius 1 is 0.429 bits per heavy atom. The topological polar surface area (TPSA) is 46.5 Å². The van der Waals surface area contributed by atoms with Crippen molar-refractivity contribution in [3.63, 3.8) is 0 Å². The van der Waals surface area contributed by atoms with E-state index in [9.17, 15) is 97.0 Å². The first-order valence-electron chi connectivity index (χ1n) is 7.05. The van der Waals surface area contributed by atoms with Gasteiger partial charge >= 0.3 is 65.8 Å². The van der Waals surface area contributed by atoms with Crippen molar-refractivity contribution < 1.29 is 107 Å². The highest BCUT2D eigenvalue weighted by Crippen LogP contribution is 2.64. The van der Waals surface area contributed by atoms with Gasteiger partial charge in [0.15, 0.2) is 0 Å². The fraction of sp³-hybridized carbons (Fsp3) is 0.909. The molecule has 0 aromatic heterocycles. The number of alkyl halides is 21. The van der Waals surface area contributed by atoms with Crippen LogP contribution in [0.15, 0.2) is 0 Å². The zero-order valence-corrected chi connectivity index (χ0v) is 14.7. The second-order valence-corrected chi connectivity index (χ2v) is 5.96. The lowest BCUT2D eigenvalue weighted by Crippen LogP contribution is -2.75. The summed E-state index contributed by atoms with van der Waals surface area (Å²) >= 11 is 0. The van der Waals surface area contributed by atoms with Crippen LogP contribution < -0.4 is 0 Å². The van der Waals surface area contributed by atoms with Crippen LogP contribution in [-0.4, -0.2) is 70.9 Å². The summed E-state index contributed by atoms with van der Waals surface area (Å²) in [6, 6.07) is 0. The first kappa shape index (κ1) is 33.0. The molecule has 0 radical (unpaired) electrons. The summed E-state index contributed by atoms with van der Waals surface area (Å²) in [4.78, 5) is 9.82. The Labute approximate surface area is 174 Å². The van der Waals surface area contributed by atoms with E-state index in [4.69, 9.17) is 5.11 Å². The molecule has 1 N–H and O–H groups in total. The molecule has 0 amide bonds. The summed E-state index contributed by atoms with van der Waals surface area (Å²) in [7, 11) is 0. The normalized spacial score (nSPS) is 16.5. The minimum atomic E-state index is -9.17. The van der Waals surface area contributed by atoms with Gasteiger partial charge < -0.3 is 5.11 Å². The highest BCUT2D eigenvalue weighted by molar-refractivity contribution is 5.76. The van der Waals surface area contributed by atoms with Crippen molar-refractivity contribution in [2.45, 2.75) is 59.9 Å². The number of rotatable bonds is 10. The predicted molar refractivity (Wildman–Crippen MR) is 59.3 cm³/mol. The highest BCUT2D eigenvalue weighted by atomic mass is 19.4. The van der Waals surface area contributed by atoms with E-state index in [-0.39, 0.29) is 0 Å². The average molecular weight is 580 g/mol. The van der Waals surface area contributed by atoms with Crippen LogP contribution in [0.1, 0.15) is 0 Å². The second-order valence-electron chi connectivity index (χ2n) is 5.96. The van der Waals surface area contributed by atoms with E-state index in [0.717, 1.165) is 4.74 Å². The first-order chi connectivity index (χ1) is 14.7. The molecule has 24 heteroatoms. The minimum absolute atomic E-state index is 1.10. The van der Waals surface area contributed by atoms with Crippen molar-refractivity contribution in [2.75, 3.05) is 0 Å². The number of hydrogen-bond acceptors (Lipinski definition) is 2. The number of halogens is 21. The molecule has 0 rings (SSSR count). The van der Waals surface area contributed by atoms with Crippen molar-refractivity contribution in [1.82, 2.24) is 0 Å². The average Bonchev–Trinajstić information content (AvgIpc) is 2.58. The Morgan fingerprint density at radius 2 is 0.686 bits per heavy atom. The Bertz CT molecular complexity index is 808. The molecule has 0 saturated carbocycles. The molecule has 0 aliphatic rings. The monoisotopic (exact) mass is 580 g/mol. The van der Waals surface area contributed by atoms with Crippen LogP contribution in [0.2, 0.25) is 0 Å². The maximum Gasteiger partial charge on any atom is 0.460 e. The summed E-state index contributed by atoms with van der Waals surface area (Å²) in [5, 5.41) is 7.65. The van der Waals surface area contributed by atoms with Gasteiger partial charge in [-0.3, -0.25) is 0 Å². The smallest absolute Gasteiger partial charge is 0.460 e. The SMILES string of the molecule is O=C(O)C(F)(F)C(F)(F)OC(F)(F)C(F)(F)C(F)(F)C(F)(F)C(F)(F)C(F)(F)C(F)(F)C(F)(F)F. The molecule has 0 atom stereocenters. The van der Waals surface area contributed by atoms with Gasteiger partial charge in [-0.1, -0.05) is 0 Å². The lowest BCUT2D eigenvalue weighted by Gasteiger charge is -2.42. The summed E-state index contributed by atoms with van der Waals surface area (Å²) in [5.74, 6) is -64.9. The molecule has 0 heterocycles. The van der Waals surface area contributed by atoms with Gasteiger partial charge in [-0.2, -0.15) is 92.2 Å². The minimum Gasteiger partial charge on any atom is -0.477 e. The largest absolute Gasteiger partial charge is 0.477 e. The van der Waals surface area contributed by atoms with E-state index >= 15 is 0 Å². The van der Waals surface area contributed by atoms with Gasteiger partial charge in [-0.05, 0) is 0 Å². The molecule has 0 aromatic rings. The van der Waals surface area contributed by atoms with Crippen LogP contribution in [0.3, 0.4) is 0 Å². The number of carbonyl (C=O) groups is 1. The van der Waals surface area contributed by atoms with Crippen molar-refractivity contribution in [2.24, 2.45) is 0 Å². The van der Waals surface area contributed by atoms with Crippen molar-refractivity contribution in [3.05, 3.63) is 0 Å². The number of ether oxygens (including phenoxy) is 1. The maximum absolute atomic E-state index is 13.3. The second kappa shape index (κ2) is 7.98. The standard InChI is InChI=1S/C11HF21O3/c12-2(13,1(33)34)10(29,30)35-11(31,32)8(24,25)6(20,21)4(16,17)3(14,15)5(18,19)7(22,23)9(26,27)28/h(H,33,34). The van der Waals surface area contributed by atoms with Gasteiger partial charge in [0.2, 0.25) is 0 Å². The van der Waals surface area contributed by atoms with E-state index in [2.05, 4.69) is 0 Å². The predicted octanol–water partition coefficient (Wildman–Crippen LogP) is 6.28. The maximum atomic E-state index is 13.3. The molecule has 0 aliphatic heterocycles. The van der Waals surface area contributed by atoms with E-state index in [1.54, 1.807) is 0 Å². The van der Waals surface area contributed by atoms with E-state index in [1.165, 1.54) is 0 Å². The quantitative estimate of drug-likeness (QED) is 0.310. The van der Waals surface area contributed by atoms with E-state index < -0.39 is 65.8 Å². The zero-order chi connectivity index (χ0) is 29.3. The highest BCUT2D eigenvalue weighted by Gasteiger charge is 2.96. The van der Waals surface area contributed by atoms with Crippen LogP contribution in [0.25, 0.3) is 0 Å². The summed E-state index contributed by atoms with van der Waals surface area (Å²) < 4.78 is 270. The van der Waals surface area contributed by atoms with Crippen LogP contribution in [0.4, 0.5) is 92.2 Å². The molecular weight excluding hydrogens is 579 g/mol. The van der Waals surface area contributed by atoms with E-state index in [0.29, 0.717) is 0 Å². The molecule has 0 aliphatic carbocycles. The number of carboxylic acids is 1.